The predicted octanol–water partition coefficient (Wildman–Crippen LogP) is 1.86. The highest BCUT2D eigenvalue weighted by atomic mass is 79.9. The quantitative estimate of drug-likeness (QED) is 0.807. The van der Waals surface area contributed by atoms with Crippen molar-refractivity contribution >= 4 is 21.8 Å². The number of hydrogen-bond acceptors (Lipinski definition) is 3. The Hall–Kier alpha value is -1.07. The molecule has 3 N–H and O–H groups in total. The number of nitrogens with one attached hydrogen (secondary N) is 1. The van der Waals surface area contributed by atoms with Crippen molar-refractivity contribution in [1.82, 2.24) is 5.32 Å². The normalized spacial score (nSPS) is 10.2. The van der Waals surface area contributed by atoms with Crippen LogP contribution in [0.15, 0.2) is 22.7 Å². The van der Waals surface area contributed by atoms with Gasteiger partial charge in [0.2, 0.25) is 5.91 Å². The minimum Gasteiger partial charge on any atom is -0.493 e. The molecule has 0 aliphatic carbocycles. The molecule has 0 aliphatic rings. The van der Waals surface area contributed by atoms with Gasteiger partial charge in [0.15, 0.2) is 0 Å². The SMILES string of the molecule is CCNC(=O)CCOc1ccc(Br)cc1CCN. The predicted molar refractivity (Wildman–Crippen MR) is 75.7 cm³/mol. The Morgan fingerprint density at radius 1 is 1.50 bits per heavy atom. The number of carbonyl (C=O) groups excluding carboxylic acids is 1. The third-order valence-electron chi connectivity index (χ3n) is 2.40. The number of amides is 1. The summed E-state index contributed by atoms with van der Waals surface area (Å²) in [5.74, 6) is 0.808. The van der Waals surface area contributed by atoms with Gasteiger partial charge in [0.1, 0.15) is 5.75 Å². The Bertz CT molecular complexity index is 397. The number of halogens is 1. The van der Waals surface area contributed by atoms with E-state index in [0.717, 1.165) is 22.2 Å². The second-order valence-electron chi connectivity index (χ2n) is 3.84. The summed E-state index contributed by atoms with van der Waals surface area (Å²) in [5, 5.41) is 2.73. The number of benzene rings is 1. The van der Waals surface area contributed by atoms with Crippen LogP contribution in [0.4, 0.5) is 0 Å². The van der Waals surface area contributed by atoms with Crippen molar-refractivity contribution in [2.45, 2.75) is 19.8 Å². The van der Waals surface area contributed by atoms with Gasteiger partial charge in [-0.2, -0.15) is 0 Å². The number of hydrogen-bond donors (Lipinski definition) is 2. The summed E-state index contributed by atoms with van der Waals surface area (Å²) < 4.78 is 6.63. The summed E-state index contributed by atoms with van der Waals surface area (Å²) in [6, 6.07) is 5.81. The maximum atomic E-state index is 11.3. The van der Waals surface area contributed by atoms with Gasteiger partial charge in [-0.15, -0.1) is 0 Å². The van der Waals surface area contributed by atoms with E-state index in [1.165, 1.54) is 0 Å². The molecular formula is C13H19BrN2O2. The summed E-state index contributed by atoms with van der Waals surface area (Å²) in [7, 11) is 0. The highest BCUT2D eigenvalue weighted by Gasteiger charge is 2.05. The van der Waals surface area contributed by atoms with E-state index in [2.05, 4.69) is 21.2 Å². The molecule has 0 atom stereocenters. The van der Waals surface area contributed by atoms with Crippen molar-refractivity contribution in [2.24, 2.45) is 5.73 Å². The standard InChI is InChI=1S/C13H19BrN2O2/c1-2-16-13(17)6-8-18-12-4-3-11(14)9-10(12)5-7-15/h3-4,9H,2,5-8,15H2,1H3,(H,16,17). The van der Waals surface area contributed by atoms with Gasteiger partial charge in [-0.05, 0) is 43.7 Å². The van der Waals surface area contributed by atoms with Crippen molar-refractivity contribution < 1.29 is 9.53 Å². The fourth-order valence-electron chi connectivity index (χ4n) is 1.58. The molecule has 0 aromatic heterocycles. The van der Waals surface area contributed by atoms with E-state index < -0.39 is 0 Å². The van der Waals surface area contributed by atoms with Crippen LogP contribution < -0.4 is 15.8 Å². The van der Waals surface area contributed by atoms with Gasteiger partial charge in [0.05, 0.1) is 13.0 Å². The fraction of sp³-hybridized carbons (Fsp3) is 0.462. The third kappa shape index (κ3) is 5.06. The molecule has 0 spiro atoms. The molecule has 4 nitrogen and oxygen atoms in total. The molecule has 5 heteroatoms. The smallest absolute Gasteiger partial charge is 0.223 e. The van der Waals surface area contributed by atoms with Crippen LogP contribution in [-0.4, -0.2) is 25.6 Å². The maximum Gasteiger partial charge on any atom is 0.223 e. The highest BCUT2D eigenvalue weighted by molar-refractivity contribution is 9.10. The van der Waals surface area contributed by atoms with Crippen LogP contribution in [0.5, 0.6) is 5.75 Å². The number of nitrogens with two attached hydrogens (primary N) is 1. The Morgan fingerprint density at radius 2 is 2.28 bits per heavy atom. The molecule has 0 heterocycles. The van der Waals surface area contributed by atoms with E-state index in [4.69, 9.17) is 10.5 Å². The third-order valence-corrected chi connectivity index (χ3v) is 2.89. The lowest BCUT2D eigenvalue weighted by Crippen LogP contribution is -2.24. The van der Waals surface area contributed by atoms with E-state index >= 15 is 0 Å². The minimum absolute atomic E-state index is 0.00925. The molecular weight excluding hydrogens is 296 g/mol. The largest absolute Gasteiger partial charge is 0.493 e. The van der Waals surface area contributed by atoms with Crippen LogP contribution in [0.3, 0.4) is 0 Å². The molecule has 0 aliphatic heterocycles. The van der Waals surface area contributed by atoms with Crippen molar-refractivity contribution in [3.63, 3.8) is 0 Å². The first-order valence-corrected chi connectivity index (χ1v) is 6.84. The Labute approximate surface area is 116 Å². The van der Waals surface area contributed by atoms with Gasteiger partial charge < -0.3 is 15.8 Å². The zero-order valence-electron chi connectivity index (χ0n) is 10.5. The second-order valence-corrected chi connectivity index (χ2v) is 4.76. The Balaban J connectivity index is 2.53. The molecule has 1 aromatic carbocycles. The molecule has 1 amide bonds. The molecule has 100 valence electrons. The van der Waals surface area contributed by atoms with Crippen LogP contribution in [-0.2, 0) is 11.2 Å². The molecule has 0 radical (unpaired) electrons. The van der Waals surface area contributed by atoms with Crippen molar-refractivity contribution in [2.75, 3.05) is 19.7 Å². The van der Waals surface area contributed by atoms with E-state index in [0.29, 0.717) is 26.1 Å². The molecule has 1 rings (SSSR count). The Kier molecular flexibility index (Phi) is 6.75. The van der Waals surface area contributed by atoms with Crippen LogP contribution in [0.1, 0.15) is 18.9 Å². The van der Waals surface area contributed by atoms with E-state index in [1.54, 1.807) is 0 Å². The number of rotatable bonds is 7. The van der Waals surface area contributed by atoms with Gasteiger partial charge in [0.25, 0.3) is 0 Å². The van der Waals surface area contributed by atoms with Crippen LogP contribution in [0, 0.1) is 0 Å². The minimum atomic E-state index is 0.00925. The summed E-state index contributed by atoms with van der Waals surface area (Å²) in [6.07, 6.45) is 1.13. The van der Waals surface area contributed by atoms with Gasteiger partial charge in [0, 0.05) is 11.0 Å². The summed E-state index contributed by atoms with van der Waals surface area (Å²) in [4.78, 5) is 11.3. The van der Waals surface area contributed by atoms with E-state index in [1.807, 2.05) is 25.1 Å². The average Bonchev–Trinajstić information content (AvgIpc) is 2.33. The van der Waals surface area contributed by atoms with Gasteiger partial charge in [-0.1, -0.05) is 15.9 Å². The second kappa shape index (κ2) is 8.11. The lowest BCUT2D eigenvalue weighted by Gasteiger charge is -2.11. The summed E-state index contributed by atoms with van der Waals surface area (Å²) in [6.45, 7) is 3.50. The van der Waals surface area contributed by atoms with Crippen LogP contribution in [0.2, 0.25) is 0 Å². The summed E-state index contributed by atoms with van der Waals surface area (Å²) in [5.41, 5.74) is 6.62. The van der Waals surface area contributed by atoms with Crippen LogP contribution >= 0.6 is 15.9 Å². The number of carbonyl (C=O) groups is 1. The van der Waals surface area contributed by atoms with E-state index in [9.17, 15) is 4.79 Å². The summed E-state index contributed by atoms with van der Waals surface area (Å²) >= 11 is 3.42. The topological polar surface area (TPSA) is 64.3 Å². The first-order chi connectivity index (χ1) is 8.67. The molecule has 18 heavy (non-hydrogen) atoms. The lowest BCUT2D eigenvalue weighted by atomic mass is 10.1. The molecule has 0 unspecified atom stereocenters. The van der Waals surface area contributed by atoms with Gasteiger partial charge in [-0.3, -0.25) is 4.79 Å². The zero-order chi connectivity index (χ0) is 13.4. The first-order valence-electron chi connectivity index (χ1n) is 6.05. The lowest BCUT2D eigenvalue weighted by molar-refractivity contribution is -0.121. The average molecular weight is 315 g/mol. The fourth-order valence-corrected chi connectivity index (χ4v) is 1.99. The number of ether oxygens (including phenoxy) is 1. The van der Waals surface area contributed by atoms with Crippen molar-refractivity contribution in [3.8, 4) is 5.75 Å². The van der Waals surface area contributed by atoms with Crippen molar-refractivity contribution in [3.05, 3.63) is 28.2 Å². The maximum absolute atomic E-state index is 11.3. The Morgan fingerprint density at radius 3 is 2.94 bits per heavy atom. The van der Waals surface area contributed by atoms with Crippen molar-refractivity contribution in [1.29, 1.82) is 0 Å². The highest BCUT2D eigenvalue weighted by Crippen LogP contribution is 2.23. The van der Waals surface area contributed by atoms with Gasteiger partial charge in [-0.25, -0.2) is 0 Å². The zero-order valence-corrected chi connectivity index (χ0v) is 12.1. The first kappa shape index (κ1) is 15.0. The molecule has 1 aromatic rings. The molecule has 0 saturated heterocycles. The monoisotopic (exact) mass is 314 g/mol. The molecule has 0 bridgehead atoms. The van der Waals surface area contributed by atoms with E-state index in [-0.39, 0.29) is 5.91 Å². The van der Waals surface area contributed by atoms with Crippen LogP contribution in [0.25, 0.3) is 0 Å². The molecule has 0 saturated carbocycles. The molecule has 0 fully saturated rings. The van der Waals surface area contributed by atoms with Gasteiger partial charge >= 0.3 is 0 Å².